The highest BCUT2D eigenvalue weighted by atomic mass is 15.3. The van der Waals surface area contributed by atoms with Crippen molar-refractivity contribution in [2.45, 2.75) is 32.6 Å². The van der Waals surface area contributed by atoms with Gasteiger partial charge in [0.1, 0.15) is 0 Å². The number of aromatic nitrogens is 2. The summed E-state index contributed by atoms with van der Waals surface area (Å²) in [5.74, 6) is 1.90. The molecule has 0 spiro atoms. The molecule has 3 unspecified atom stereocenters. The van der Waals surface area contributed by atoms with E-state index in [4.69, 9.17) is 5.73 Å². The molecule has 15 heavy (non-hydrogen) atoms. The maximum Gasteiger partial charge on any atom is 0.0659 e. The summed E-state index contributed by atoms with van der Waals surface area (Å²) in [6, 6.07) is 0. The number of hydrogen-bond acceptors (Lipinski definition) is 2. The summed E-state index contributed by atoms with van der Waals surface area (Å²) in [7, 11) is 2.01. The van der Waals surface area contributed by atoms with E-state index < -0.39 is 0 Å². The first-order chi connectivity index (χ1) is 7.13. The molecule has 1 heterocycles. The van der Waals surface area contributed by atoms with Crippen molar-refractivity contribution in [3.05, 3.63) is 17.5 Å². The molecular weight excluding hydrogens is 186 g/mol. The summed E-state index contributed by atoms with van der Waals surface area (Å²) < 4.78 is 1.94. The minimum atomic E-state index is 0.559. The number of rotatable bonds is 2. The van der Waals surface area contributed by atoms with Crippen molar-refractivity contribution in [3.63, 3.8) is 0 Å². The third-order valence-electron chi connectivity index (χ3n) is 3.73. The molecule has 0 radical (unpaired) electrons. The van der Waals surface area contributed by atoms with Gasteiger partial charge in [-0.15, -0.1) is 0 Å². The molecule has 1 aromatic rings. The highest BCUT2D eigenvalue weighted by Crippen LogP contribution is 2.39. The number of aryl methyl sites for hydroxylation is 2. The predicted molar refractivity (Wildman–Crippen MR) is 61.7 cm³/mol. The second-order valence-electron chi connectivity index (χ2n) is 4.96. The van der Waals surface area contributed by atoms with Gasteiger partial charge in [0, 0.05) is 13.2 Å². The van der Waals surface area contributed by atoms with Gasteiger partial charge in [0.2, 0.25) is 0 Å². The lowest BCUT2D eigenvalue weighted by Gasteiger charge is -2.32. The number of hydrogen-bond donors (Lipinski definition) is 1. The van der Waals surface area contributed by atoms with E-state index in [0.717, 1.165) is 18.9 Å². The molecule has 2 rings (SSSR count). The summed E-state index contributed by atoms with van der Waals surface area (Å²) in [6.07, 6.45) is 4.56. The highest BCUT2D eigenvalue weighted by molar-refractivity contribution is 5.26. The second kappa shape index (κ2) is 3.97. The van der Waals surface area contributed by atoms with Crippen LogP contribution in [0.3, 0.4) is 0 Å². The molecule has 0 bridgehead atoms. The molecule has 3 heteroatoms. The van der Waals surface area contributed by atoms with Gasteiger partial charge in [-0.3, -0.25) is 4.68 Å². The first-order valence-corrected chi connectivity index (χ1v) is 5.86. The van der Waals surface area contributed by atoms with Crippen LogP contribution in [0.25, 0.3) is 0 Å². The Balaban J connectivity index is 2.36. The quantitative estimate of drug-likeness (QED) is 0.802. The van der Waals surface area contributed by atoms with Gasteiger partial charge in [-0.25, -0.2) is 0 Å². The molecule has 2 N–H and O–H groups in total. The molecule has 0 fully saturated rings. The molecule has 3 nitrogen and oxygen atoms in total. The van der Waals surface area contributed by atoms with E-state index in [-0.39, 0.29) is 0 Å². The SMILES string of the molecule is CC(CN)C1c2cn(C)nc2CCC1C. The van der Waals surface area contributed by atoms with Crippen LogP contribution < -0.4 is 5.73 Å². The molecule has 0 aliphatic heterocycles. The van der Waals surface area contributed by atoms with Gasteiger partial charge in [0.05, 0.1) is 5.69 Å². The van der Waals surface area contributed by atoms with E-state index in [2.05, 4.69) is 25.1 Å². The molecule has 84 valence electrons. The molecule has 1 aliphatic rings. The van der Waals surface area contributed by atoms with E-state index in [1.165, 1.54) is 17.7 Å². The third kappa shape index (κ3) is 1.81. The lowest BCUT2D eigenvalue weighted by Crippen LogP contribution is -2.27. The monoisotopic (exact) mass is 207 g/mol. The van der Waals surface area contributed by atoms with E-state index in [9.17, 15) is 0 Å². The lowest BCUT2D eigenvalue weighted by atomic mass is 9.72. The average Bonchev–Trinajstić information content (AvgIpc) is 2.57. The van der Waals surface area contributed by atoms with Gasteiger partial charge in [-0.2, -0.15) is 5.10 Å². The number of nitrogens with zero attached hydrogens (tertiary/aromatic N) is 2. The largest absolute Gasteiger partial charge is 0.330 e. The minimum absolute atomic E-state index is 0.559. The predicted octanol–water partition coefficient (Wildman–Crippen LogP) is 1.68. The van der Waals surface area contributed by atoms with E-state index >= 15 is 0 Å². The minimum Gasteiger partial charge on any atom is -0.330 e. The molecular formula is C12H21N3. The first-order valence-electron chi connectivity index (χ1n) is 5.86. The maximum atomic E-state index is 5.80. The van der Waals surface area contributed by atoms with Crippen LogP contribution in [0.1, 0.15) is 37.4 Å². The van der Waals surface area contributed by atoms with Crippen LogP contribution in [0.2, 0.25) is 0 Å². The molecule has 0 saturated carbocycles. The van der Waals surface area contributed by atoms with Gasteiger partial charge in [-0.1, -0.05) is 13.8 Å². The Morgan fingerprint density at radius 2 is 2.40 bits per heavy atom. The van der Waals surface area contributed by atoms with Crippen LogP contribution in [-0.4, -0.2) is 16.3 Å². The maximum absolute atomic E-state index is 5.80. The summed E-state index contributed by atoms with van der Waals surface area (Å²) in [4.78, 5) is 0. The molecule has 1 aromatic heterocycles. The Hall–Kier alpha value is -0.830. The van der Waals surface area contributed by atoms with Crippen molar-refractivity contribution < 1.29 is 0 Å². The fraction of sp³-hybridized carbons (Fsp3) is 0.750. The van der Waals surface area contributed by atoms with Gasteiger partial charge in [-0.05, 0) is 42.7 Å². The van der Waals surface area contributed by atoms with Crippen LogP contribution in [0, 0.1) is 11.8 Å². The summed E-state index contributed by atoms with van der Waals surface area (Å²) in [6.45, 7) is 5.36. The lowest BCUT2D eigenvalue weighted by molar-refractivity contribution is 0.315. The zero-order valence-electron chi connectivity index (χ0n) is 9.90. The van der Waals surface area contributed by atoms with E-state index in [1.54, 1.807) is 0 Å². The topological polar surface area (TPSA) is 43.8 Å². The van der Waals surface area contributed by atoms with Crippen molar-refractivity contribution in [1.29, 1.82) is 0 Å². The summed E-state index contributed by atoms with van der Waals surface area (Å²) >= 11 is 0. The fourth-order valence-corrected chi connectivity index (χ4v) is 2.89. The second-order valence-corrected chi connectivity index (χ2v) is 4.96. The van der Waals surface area contributed by atoms with Crippen molar-refractivity contribution in [2.24, 2.45) is 24.6 Å². The average molecular weight is 207 g/mol. The molecule has 0 aromatic carbocycles. The van der Waals surface area contributed by atoms with Gasteiger partial charge < -0.3 is 5.73 Å². The van der Waals surface area contributed by atoms with E-state index in [1.807, 2.05) is 11.7 Å². The van der Waals surface area contributed by atoms with Gasteiger partial charge in [0.15, 0.2) is 0 Å². The van der Waals surface area contributed by atoms with Crippen LogP contribution in [0.15, 0.2) is 6.20 Å². The fourth-order valence-electron chi connectivity index (χ4n) is 2.89. The van der Waals surface area contributed by atoms with Crippen molar-refractivity contribution >= 4 is 0 Å². The standard InChI is InChI=1S/C12H21N3/c1-8-4-5-11-10(7-15(3)14-11)12(8)9(2)6-13/h7-9,12H,4-6,13H2,1-3H3. The van der Waals surface area contributed by atoms with E-state index in [0.29, 0.717) is 11.8 Å². The Labute approximate surface area is 91.7 Å². The van der Waals surface area contributed by atoms with Crippen LogP contribution in [-0.2, 0) is 13.5 Å². The first kappa shape index (κ1) is 10.7. The molecule has 1 aliphatic carbocycles. The Bertz CT molecular complexity index is 343. The Morgan fingerprint density at radius 3 is 3.07 bits per heavy atom. The van der Waals surface area contributed by atoms with Crippen LogP contribution in [0.5, 0.6) is 0 Å². The van der Waals surface area contributed by atoms with Crippen molar-refractivity contribution in [2.75, 3.05) is 6.54 Å². The van der Waals surface area contributed by atoms with Crippen molar-refractivity contribution in [1.82, 2.24) is 9.78 Å². The Kier molecular flexibility index (Phi) is 2.83. The van der Waals surface area contributed by atoms with Crippen molar-refractivity contribution in [3.8, 4) is 0 Å². The zero-order chi connectivity index (χ0) is 11.0. The van der Waals surface area contributed by atoms with Crippen LogP contribution >= 0.6 is 0 Å². The van der Waals surface area contributed by atoms with Gasteiger partial charge in [0.25, 0.3) is 0 Å². The zero-order valence-corrected chi connectivity index (χ0v) is 9.90. The summed E-state index contributed by atoms with van der Waals surface area (Å²) in [5.41, 5.74) is 8.53. The van der Waals surface area contributed by atoms with Gasteiger partial charge >= 0.3 is 0 Å². The molecule has 3 atom stereocenters. The summed E-state index contributed by atoms with van der Waals surface area (Å²) in [5, 5.41) is 4.53. The van der Waals surface area contributed by atoms with Crippen LogP contribution in [0.4, 0.5) is 0 Å². The number of fused-ring (bicyclic) bond motifs is 1. The Morgan fingerprint density at radius 1 is 1.67 bits per heavy atom. The molecule has 0 amide bonds. The third-order valence-corrected chi connectivity index (χ3v) is 3.73. The number of nitrogens with two attached hydrogens (primary N) is 1. The molecule has 0 saturated heterocycles. The normalized spacial score (nSPS) is 27.5. The highest BCUT2D eigenvalue weighted by Gasteiger charge is 2.31. The smallest absolute Gasteiger partial charge is 0.0659 e.